The summed E-state index contributed by atoms with van der Waals surface area (Å²) in [6.07, 6.45) is 1.90. The number of piperazine rings is 1. The van der Waals surface area contributed by atoms with Gasteiger partial charge in [-0.2, -0.15) is 4.31 Å². The Morgan fingerprint density at radius 3 is 2.37 bits per heavy atom. The Hall–Kier alpha value is -1.80. The molecule has 1 fully saturated rings. The van der Waals surface area contributed by atoms with Gasteiger partial charge in [-0.25, -0.2) is 12.8 Å². The van der Waals surface area contributed by atoms with Gasteiger partial charge in [0.25, 0.3) is 0 Å². The van der Waals surface area contributed by atoms with Gasteiger partial charge >= 0.3 is 0 Å². The molecule has 0 saturated carbocycles. The Kier molecular flexibility index (Phi) is 6.75. The minimum Gasteiger partial charge on any atom is -0.369 e. The van der Waals surface area contributed by atoms with Crippen molar-refractivity contribution < 1.29 is 12.8 Å². The molecule has 1 aromatic heterocycles. The Balaban J connectivity index is 0.00000131. The fraction of sp³-hybridized carbons (Fsp3) is 0.222. The van der Waals surface area contributed by atoms with E-state index in [2.05, 4.69) is 16.0 Å². The molecule has 2 heterocycles. The van der Waals surface area contributed by atoms with Gasteiger partial charge in [0.15, 0.2) is 0 Å². The minimum absolute atomic E-state index is 0. The van der Waals surface area contributed by atoms with Crippen molar-refractivity contribution in [1.82, 2.24) is 9.29 Å². The second-order valence-electron chi connectivity index (χ2n) is 6.10. The lowest BCUT2D eigenvalue weighted by Gasteiger charge is -2.35. The number of rotatable bonds is 3. The molecule has 0 spiro atoms. The van der Waals surface area contributed by atoms with Crippen molar-refractivity contribution in [3.8, 4) is 0 Å². The van der Waals surface area contributed by atoms with Gasteiger partial charge in [-0.3, -0.25) is 0 Å². The summed E-state index contributed by atoms with van der Waals surface area (Å²) < 4.78 is 40.1. The molecule has 0 atom stereocenters. The van der Waals surface area contributed by atoms with Crippen molar-refractivity contribution in [3.63, 3.8) is 0 Å². The lowest BCUT2D eigenvalue weighted by molar-refractivity contribution is 0.384. The van der Waals surface area contributed by atoms with E-state index in [4.69, 9.17) is 0 Å². The predicted octanol–water partition coefficient (Wildman–Crippen LogP) is 3.66. The van der Waals surface area contributed by atoms with E-state index in [1.165, 1.54) is 22.5 Å². The molecule has 1 aliphatic heterocycles. The first-order chi connectivity index (χ1) is 12.0. The van der Waals surface area contributed by atoms with Crippen LogP contribution in [0.3, 0.4) is 0 Å². The second kappa shape index (κ2) is 8.48. The van der Waals surface area contributed by atoms with Crippen LogP contribution in [0.1, 0.15) is 0 Å². The van der Waals surface area contributed by atoms with E-state index < -0.39 is 15.8 Å². The van der Waals surface area contributed by atoms with Crippen LogP contribution in [0.25, 0.3) is 10.9 Å². The molecule has 2 aromatic carbocycles. The summed E-state index contributed by atoms with van der Waals surface area (Å²) in [6.45, 7) is 1.96. The molecule has 0 amide bonds. The van der Waals surface area contributed by atoms with Gasteiger partial charge in [-0.15, -0.1) is 24.8 Å². The largest absolute Gasteiger partial charge is 0.369 e. The highest BCUT2D eigenvalue weighted by atomic mass is 35.5. The third-order valence-corrected chi connectivity index (χ3v) is 6.47. The molecule has 0 radical (unpaired) electrons. The standard InChI is InChI=1S/C18H18FN3O2S.2ClH/c19-15-2-1-3-17(13-15)25(23,24)22-10-8-21(9-11-22)16-4-5-18-14(12-16)6-7-20-18;;/h1-7,12-13,20H,8-11H2;2*1H. The molecule has 4 rings (SSSR count). The maximum Gasteiger partial charge on any atom is 0.243 e. The summed E-state index contributed by atoms with van der Waals surface area (Å²) in [6, 6.07) is 13.4. The van der Waals surface area contributed by atoms with Crippen molar-refractivity contribution in [1.29, 1.82) is 0 Å². The molecule has 0 bridgehead atoms. The number of aromatic nitrogens is 1. The molecule has 1 aliphatic rings. The number of hydrogen-bond acceptors (Lipinski definition) is 3. The van der Waals surface area contributed by atoms with Crippen molar-refractivity contribution in [2.24, 2.45) is 0 Å². The van der Waals surface area contributed by atoms with Gasteiger partial charge in [0.05, 0.1) is 4.90 Å². The average molecular weight is 432 g/mol. The van der Waals surface area contributed by atoms with Gasteiger partial charge < -0.3 is 9.88 Å². The SMILES string of the molecule is Cl.Cl.O=S(=O)(c1cccc(F)c1)N1CCN(c2ccc3[nH]ccc3c2)CC1. The fourth-order valence-corrected chi connectivity index (χ4v) is 4.65. The van der Waals surface area contributed by atoms with Crippen molar-refractivity contribution in [3.05, 3.63) is 60.5 Å². The maximum atomic E-state index is 13.4. The van der Waals surface area contributed by atoms with Crippen LogP contribution in [0.5, 0.6) is 0 Å². The second-order valence-corrected chi connectivity index (χ2v) is 8.04. The van der Waals surface area contributed by atoms with Crippen LogP contribution in [0.4, 0.5) is 10.1 Å². The van der Waals surface area contributed by atoms with Gasteiger partial charge in [0.2, 0.25) is 10.0 Å². The zero-order valence-electron chi connectivity index (χ0n) is 14.3. The fourth-order valence-electron chi connectivity index (χ4n) is 3.20. The number of nitrogens with one attached hydrogen (secondary N) is 1. The number of fused-ring (bicyclic) bond motifs is 1. The zero-order chi connectivity index (χ0) is 17.4. The number of halogens is 3. The van der Waals surface area contributed by atoms with Crippen molar-refractivity contribution >= 4 is 51.4 Å². The molecule has 0 aliphatic carbocycles. The molecule has 146 valence electrons. The summed E-state index contributed by atoms with van der Waals surface area (Å²) in [4.78, 5) is 5.34. The highest BCUT2D eigenvalue weighted by Gasteiger charge is 2.28. The molecule has 5 nitrogen and oxygen atoms in total. The van der Waals surface area contributed by atoms with Crippen LogP contribution in [0.2, 0.25) is 0 Å². The molecular formula is C18H20Cl2FN3O2S. The van der Waals surface area contributed by atoms with E-state index in [9.17, 15) is 12.8 Å². The monoisotopic (exact) mass is 431 g/mol. The van der Waals surface area contributed by atoms with E-state index in [1.54, 1.807) is 0 Å². The molecule has 3 aromatic rings. The molecule has 0 unspecified atom stereocenters. The Morgan fingerprint density at radius 1 is 0.926 bits per heavy atom. The quantitative estimate of drug-likeness (QED) is 0.688. The van der Waals surface area contributed by atoms with Crippen molar-refractivity contribution in [2.75, 3.05) is 31.1 Å². The molecule has 27 heavy (non-hydrogen) atoms. The number of benzene rings is 2. The lowest BCUT2D eigenvalue weighted by atomic mass is 10.2. The highest BCUT2D eigenvalue weighted by Crippen LogP contribution is 2.24. The molecule has 1 N–H and O–H groups in total. The van der Waals surface area contributed by atoms with Gasteiger partial charge in [0.1, 0.15) is 5.82 Å². The van der Waals surface area contributed by atoms with E-state index in [1.807, 2.05) is 24.4 Å². The topological polar surface area (TPSA) is 56.4 Å². The predicted molar refractivity (Wildman–Crippen MR) is 110 cm³/mol. The van der Waals surface area contributed by atoms with E-state index in [0.29, 0.717) is 26.2 Å². The smallest absolute Gasteiger partial charge is 0.243 e. The number of H-pyrrole nitrogens is 1. The molecular weight excluding hydrogens is 412 g/mol. The number of hydrogen-bond donors (Lipinski definition) is 1. The summed E-state index contributed by atoms with van der Waals surface area (Å²) in [5, 5.41) is 1.13. The van der Waals surface area contributed by atoms with E-state index >= 15 is 0 Å². The average Bonchev–Trinajstić information content (AvgIpc) is 3.09. The third-order valence-electron chi connectivity index (χ3n) is 4.57. The maximum absolute atomic E-state index is 13.4. The van der Waals surface area contributed by atoms with Gasteiger partial charge in [0, 0.05) is 49.0 Å². The molecule has 1 saturated heterocycles. The molecule has 9 heteroatoms. The van der Waals surface area contributed by atoms with E-state index in [-0.39, 0.29) is 29.7 Å². The van der Waals surface area contributed by atoms with Gasteiger partial charge in [-0.05, 0) is 42.5 Å². The third kappa shape index (κ3) is 4.21. The number of nitrogens with zero attached hydrogens (tertiary/aromatic N) is 2. The first-order valence-corrected chi connectivity index (χ1v) is 9.56. The van der Waals surface area contributed by atoms with Crippen LogP contribution in [0.15, 0.2) is 59.6 Å². The van der Waals surface area contributed by atoms with Crippen LogP contribution in [0, 0.1) is 5.82 Å². The zero-order valence-corrected chi connectivity index (χ0v) is 16.8. The summed E-state index contributed by atoms with van der Waals surface area (Å²) in [5.41, 5.74) is 2.16. The van der Waals surface area contributed by atoms with Crippen LogP contribution in [-0.4, -0.2) is 43.9 Å². The number of aromatic amines is 1. The highest BCUT2D eigenvalue weighted by molar-refractivity contribution is 7.89. The summed E-state index contributed by atoms with van der Waals surface area (Å²) >= 11 is 0. The van der Waals surface area contributed by atoms with Crippen LogP contribution >= 0.6 is 24.8 Å². The number of anilines is 1. The van der Waals surface area contributed by atoms with E-state index in [0.717, 1.165) is 22.7 Å². The number of sulfonamides is 1. The summed E-state index contributed by atoms with van der Waals surface area (Å²) in [7, 11) is -3.65. The first kappa shape index (κ1) is 21.5. The van der Waals surface area contributed by atoms with Crippen molar-refractivity contribution in [2.45, 2.75) is 4.90 Å². The first-order valence-electron chi connectivity index (χ1n) is 8.12. The van der Waals surface area contributed by atoms with Crippen LogP contribution in [-0.2, 0) is 10.0 Å². The Morgan fingerprint density at radius 2 is 1.67 bits per heavy atom. The Bertz CT molecular complexity index is 1020. The Labute approximate surface area is 170 Å². The van der Waals surface area contributed by atoms with Gasteiger partial charge in [-0.1, -0.05) is 6.07 Å². The summed E-state index contributed by atoms with van der Waals surface area (Å²) in [5.74, 6) is -0.542. The van der Waals surface area contributed by atoms with Crippen LogP contribution < -0.4 is 4.90 Å². The lowest BCUT2D eigenvalue weighted by Crippen LogP contribution is -2.48. The normalized spacial score (nSPS) is 15.2. The minimum atomic E-state index is -3.65.